The van der Waals surface area contributed by atoms with E-state index >= 15 is 0 Å². The van der Waals surface area contributed by atoms with E-state index in [0.29, 0.717) is 12.5 Å². The highest BCUT2D eigenvalue weighted by atomic mass is 16.5. The zero-order valence-electron chi connectivity index (χ0n) is 12.4. The van der Waals surface area contributed by atoms with E-state index in [1.807, 2.05) is 4.90 Å². The first-order valence-electron chi connectivity index (χ1n) is 7.75. The number of carbonyl (C=O) groups is 1. The van der Waals surface area contributed by atoms with Crippen LogP contribution in [0.2, 0.25) is 0 Å². The van der Waals surface area contributed by atoms with Crippen molar-refractivity contribution < 1.29 is 9.53 Å². The van der Waals surface area contributed by atoms with Crippen LogP contribution in [-0.4, -0.2) is 49.2 Å². The first-order valence-corrected chi connectivity index (χ1v) is 7.75. The number of carbonyl (C=O) groups excluding carboxylic acids is 1. The molecule has 0 bridgehead atoms. The van der Waals surface area contributed by atoms with E-state index in [2.05, 4.69) is 12.2 Å². The van der Waals surface area contributed by atoms with E-state index in [4.69, 9.17) is 4.74 Å². The number of hydrogen-bond acceptors (Lipinski definition) is 3. The minimum atomic E-state index is -0.147. The molecule has 1 aliphatic carbocycles. The molecule has 1 heterocycles. The summed E-state index contributed by atoms with van der Waals surface area (Å²) in [6, 6.07) is 0.496. The van der Waals surface area contributed by atoms with Gasteiger partial charge in [0.05, 0.1) is 12.0 Å². The van der Waals surface area contributed by atoms with Crippen molar-refractivity contribution in [3.8, 4) is 0 Å². The van der Waals surface area contributed by atoms with Crippen LogP contribution < -0.4 is 5.32 Å². The van der Waals surface area contributed by atoms with Gasteiger partial charge in [-0.3, -0.25) is 4.79 Å². The summed E-state index contributed by atoms with van der Waals surface area (Å²) in [4.78, 5) is 14.6. The molecule has 1 N–H and O–H groups in total. The van der Waals surface area contributed by atoms with Crippen LogP contribution in [0.4, 0.5) is 0 Å². The summed E-state index contributed by atoms with van der Waals surface area (Å²) in [6.45, 7) is 4.97. The summed E-state index contributed by atoms with van der Waals surface area (Å²) in [5.74, 6) is 0.275. The van der Waals surface area contributed by atoms with Crippen LogP contribution in [0.5, 0.6) is 0 Å². The molecule has 1 aliphatic heterocycles. The van der Waals surface area contributed by atoms with E-state index in [-0.39, 0.29) is 11.5 Å². The molecule has 1 saturated heterocycles. The van der Waals surface area contributed by atoms with Gasteiger partial charge in [0.2, 0.25) is 5.91 Å². The lowest BCUT2D eigenvalue weighted by atomic mass is 9.77. The van der Waals surface area contributed by atoms with Gasteiger partial charge in [-0.1, -0.05) is 6.92 Å². The fourth-order valence-corrected chi connectivity index (χ4v) is 3.18. The quantitative estimate of drug-likeness (QED) is 0.767. The topological polar surface area (TPSA) is 41.6 Å². The molecule has 2 rings (SSSR count). The SMILES string of the molecule is CCCN(CC1CCCN1)C(=O)CC1(OC)CCC1. The van der Waals surface area contributed by atoms with Gasteiger partial charge >= 0.3 is 0 Å². The molecule has 0 radical (unpaired) electrons. The summed E-state index contributed by atoms with van der Waals surface area (Å²) in [5, 5.41) is 3.48. The molecule has 2 aliphatic rings. The van der Waals surface area contributed by atoms with Crippen molar-refractivity contribution in [3.63, 3.8) is 0 Å². The van der Waals surface area contributed by atoms with Crippen molar-refractivity contribution >= 4 is 5.91 Å². The summed E-state index contributed by atoms with van der Waals surface area (Å²) < 4.78 is 5.58. The number of ether oxygens (including phenoxy) is 1. The fraction of sp³-hybridized carbons (Fsp3) is 0.933. The second-order valence-electron chi connectivity index (χ2n) is 6.05. The van der Waals surface area contributed by atoms with Crippen LogP contribution in [0.15, 0.2) is 0 Å². The molecular weight excluding hydrogens is 240 g/mol. The van der Waals surface area contributed by atoms with Gasteiger partial charge < -0.3 is 15.0 Å². The van der Waals surface area contributed by atoms with Crippen LogP contribution in [0, 0.1) is 0 Å². The Morgan fingerprint density at radius 2 is 2.21 bits per heavy atom. The number of nitrogens with zero attached hydrogens (tertiary/aromatic N) is 1. The van der Waals surface area contributed by atoms with Gasteiger partial charge in [0.25, 0.3) is 0 Å². The van der Waals surface area contributed by atoms with Gasteiger partial charge in [0, 0.05) is 26.2 Å². The number of methoxy groups -OCH3 is 1. The Kier molecular flexibility index (Phi) is 5.22. The zero-order chi connectivity index (χ0) is 13.7. The molecule has 110 valence electrons. The van der Waals surface area contributed by atoms with Crippen molar-refractivity contribution in [1.29, 1.82) is 0 Å². The molecular formula is C15H28N2O2. The maximum atomic E-state index is 12.5. The highest BCUT2D eigenvalue weighted by Crippen LogP contribution is 2.38. The van der Waals surface area contributed by atoms with Crippen molar-refractivity contribution in [1.82, 2.24) is 10.2 Å². The summed E-state index contributed by atoms with van der Waals surface area (Å²) in [6.07, 6.45) is 7.30. The van der Waals surface area contributed by atoms with E-state index in [1.165, 1.54) is 19.3 Å². The predicted molar refractivity (Wildman–Crippen MR) is 76.1 cm³/mol. The van der Waals surface area contributed by atoms with Crippen LogP contribution in [0.1, 0.15) is 51.9 Å². The highest BCUT2D eigenvalue weighted by Gasteiger charge is 2.40. The lowest BCUT2D eigenvalue weighted by Gasteiger charge is -2.41. The Morgan fingerprint density at radius 3 is 2.68 bits per heavy atom. The van der Waals surface area contributed by atoms with Crippen molar-refractivity contribution in [2.75, 3.05) is 26.7 Å². The van der Waals surface area contributed by atoms with E-state index in [9.17, 15) is 4.79 Å². The lowest BCUT2D eigenvalue weighted by Crippen LogP contribution is -2.47. The van der Waals surface area contributed by atoms with Crippen molar-refractivity contribution in [2.24, 2.45) is 0 Å². The lowest BCUT2D eigenvalue weighted by molar-refractivity contribution is -0.144. The maximum absolute atomic E-state index is 12.5. The molecule has 0 aromatic carbocycles. The summed E-state index contributed by atoms with van der Waals surface area (Å²) in [5.41, 5.74) is -0.147. The van der Waals surface area contributed by atoms with Crippen LogP contribution in [-0.2, 0) is 9.53 Å². The van der Waals surface area contributed by atoms with Gasteiger partial charge in [-0.15, -0.1) is 0 Å². The standard InChI is InChI=1S/C15H28N2O2/c1-3-10-17(12-13-6-4-9-16-13)14(18)11-15(19-2)7-5-8-15/h13,16H,3-12H2,1-2H3. The normalized spacial score (nSPS) is 25.1. The highest BCUT2D eigenvalue weighted by molar-refractivity contribution is 5.77. The van der Waals surface area contributed by atoms with E-state index in [1.54, 1.807) is 7.11 Å². The summed E-state index contributed by atoms with van der Waals surface area (Å²) in [7, 11) is 1.75. The number of hydrogen-bond donors (Lipinski definition) is 1. The molecule has 2 fully saturated rings. The molecule has 1 amide bonds. The van der Waals surface area contributed by atoms with Crippen LogP contribution in [0.25, 0.3) is 0 Å². The Morgan fingerprint density at radius 1 is 1.42 bits per heavy atom. The molecule has 0 aromatic rings. The molecule has 1 saturated carbocycles. The third kappa shape index (κ3) is 3.69. The number of rotatable bonds is 7. The molecule has 4 nitrogen and oxygen atoms in total. The van der Waals surface area contributed by atoms with E-state index in [0.717, 1.165) is 38.9 Å². The molecule has 1 unspecified atom stereocenters. The monoisotopic (exact) mass is 268 g/mol. The number of amides is 1. The van der Waals surface area contributed by atoms with E-state index < -0.39 is 0 Å². The molecule has 0 spiro atoms. The average molecular weight is 268 g/mol. The van der Waals surface area contributed by atoms with Crippen LogP contribution >= 0.6 is 0 Å². The largest absolute Gasteiger partial charge is 0.378 e. The third-order valence-electron chi connectivity index (χ3n) is 4.62. The minimum Gasteiger partial charge on any atom is -0.378 e. The Labute approximate surface area is 116 Å². The Bertz CT molecular complexity index is 291. The minimum absolute atomic E-state index is 0.147. The average Bonchev–Trinajstić information content (AvgIpc) is 2.86. The molecule has 0 aromatic heterocycles. The van der Waals surface area contributed by atoms with Gasteiger partial charge in [-0.25, -0.2) is 0 Å². The second kappa shape index (κ2) is 6.71. The zero-order valence-corrected chi connectivity index (χ0v) is 12.4. The Balaban J connectivity index is 1.87. The fourth-order valence-electron chi connectivity index (χ4n) is 3.18. The van der Waals surface area contributed by atoms with Crippen molar-refractivity contribution in [2.45, 2.75) is 63.5 Å². The first kappa shape index (κ1) is 14.8. The van der Waals surface area contributed by atoms with Gasteiger partial charge in [0.15, 0.2) is 0 Å². The van der Waals surface area contributed by atoms with Crippen molar-refractivity contribution in [3.05, 3.63) is 0 Å². The first-order chi connectivity index (χ1) is 9.19. The molecule has 1 atom stereocenters. The predicted octanol–water partition coefficient (Wildman–Crippen LogP) is 1.94. The maximum Gasteiger partial charge on any atom is 0.225 e. The smallest absolute Gasteiger partial charge is 0.225 e. The van der Waals surface area contributed by atoms with Gasteiger partial charge in [-0.05, 0) is 45.1 Å². The molecule has 4 heteroatoms. The summed E-state index contributed by atoms with van der Waals surface area (Å²) >= 11 is 0. The van der Waals surface area contributed by atoms with Gasteiger partial charge in [0.1, 0.15) is 0 Å². The Hall–Kier alpha value is -0.610. The van der Waals surface area contributed by atoms with Gasteiger partial charge in [-0.2, -0.15) is 0 Å². The number of nitrogens with one attached hydrogen (secondary N) is 1. The third-order valence-corrected chi connectivity index (χ3v) is 4.62. The molecule has 19 heavy (non-hydrogen) atoms. The van der Waals surface area contributed by atoms with Crippen LogP contribution in [0.3, 0.4) is 0 Å². The second-order valence-corrected chi connectivity index (χ2v) is 6.05.